The molecule has 0 aliphatic rings. The maximum Gasteiger partial charge on any atom is 0.495 e. The van der Waals surface area contributed by atoms with Crippen LogP contribution in [0.25, 0.3) is 6.08 Å². The Hall–Kier alpha value is -3.17. The lowest BCUT2D eigenvalue weighted by molar-refractivity contribution is -0.588. The number of ether oxygens (including phenoxy) is 5. The largest absolute Gasteiger partial charge is 0.495 e. The highest BCUT2D eigenvalue weighted by Gasteiger charge is 2.88. The number of hydrogen-bond acceptors (Lipinski definition) is 5. The molecule has 1 aromatic rings. The molecule has 0 saturated heterocycles. The molecule has 1 aromatic carbocycles. The van der Waals surface area contributed by atoms with E-state index < -0.39 is 113 Å². The van der Waals surface area contributed by atoms with Gasteiger partial charge < -0.3 is 0 Å². The van der Waals surface area contributed by atoms with Crippen molar-refractivity contribution in [2.45, 2.75) is 118 Å². The summed E-state index contributed by atoms with van der Waals surface area (Å²) in [7, 11) is -1.94. The van der Waals surface area contributed by atoms with Crippen LogP contribution in [0.1, 0.15) is 31.2 Å². The molecule has 0 saturated carbocycles. The van der Waals surface area contributed by atoms with Gasteiger partial charge in [-0.15, -0.1) is 15.4 Å². The average Bonchev–Trinajstić information content (AvgIpc) is 3.07. The van der Waals surface area contributed by atoms with Gasteiger partial charge in [0, 0.05) is 6.42 Å². The van der Waals surface area contributed by atoms with Gasteiger partial charge in [0.1, 0.15) is 8.07 Å². The van der Waals surface area contributed by atoms with Crippen LogP contribution in [-0.4, -0.2) is 93.6 Å². The Kier molecular flexibility index (Phi) is 16.8. The second kappa shape index (κ2) is 18.2. The van der Waals surface area contributed by atoms with Crippen LogP contribution in [0.5, 0.6) is 0 Å². The first-order valence-corrected chi connectivity index (χ1v) is 19.1. The minimum atomic E-state index is -8.76. The van der Waals surface area contributed by atoms with E-state index in [1.807, 2.05) is 17.8 Å². The molecule has 0 N–H and O–H groups in total. The van der Waals surface area contributed by atoms with Gasteiger partial charge in [0.2, 0.25) is 0 Å². The summed E-state index contributed by atoms with van der Waals surface area (Å²) in [6.07, 6.45) is -71.3. The van der Waals surface area contributed by atoms with Gasteiger partial charge in [-0.1, -0.05) is 60.4 Å². The average molecular weight is 1010 g/mol. The Morgan fingerprint density at radius 1 is 0.492 bits per heavy atom. The third-order valence-corrected chi connectivity index (χ3v) is 10.5. The van der Waals surface area contributed by atoms with E-state index in [1.54, 1.807) is 39.4 Å². The van der Waals surface area contributed by atoms with Gasteiger partial charge in [0.05, 0.1) is 0 Å². The lowest BCUT2D eigenvalue weighted by atomic mass is 10.1. The van der Waals surface area contributed by atoms with Gasteiger partial charge >= 0.3 is 78.9 Å². The molecule has 0 radical (unpaired) electrons. The van der Waals surface area contributed by atoms with Gasteiger partial charge in [-0.25, -0.2) is 28.1 Å². The zero-order chi connectivity index (χ0) is 50.2. The Bertz CT molecular complexity index is 1710. The van der Waals surface area contributed by atoms with E-state index in [9.17, 15) is 119 Å². The Morgan fingerprint density at radius 2 is 0.873 bits per heavy atom. The highest BCUT2D eigenvalue weighted by Crippen LogP contribution is 2.59. The van der Waals surface area contributed by atoms with E-state index in [1.165, 1.54) is 16.9 Å². The van der Waals surface area contributed by atoms with Gasteiger partial charge in [-0.05, 0) is 24.8 Å². The fourth-order valence-corrected chi connectivity index (χ4v) is 5.22. The maximum atomic E-state index is 14.1. The summed E-state index contributed by atoms with van der Waals surface area (Å²) in [4.78, 5) is 0. The van der Waals surface area contributed by atoms with Crippen LogP contribution in [0.3, 0.4) is 0 Å². The molecular weight excluding hydrogens is 981 g/mol. The topological polar surface area (TPSA) is 46.2 Å². The second-order valence-electron chi connectivity index (χ2n) is 13.0. The van der Waals surface area contributed by atoms with E-state index in [0.29, 0.717) is 5.56 Å². The summed E-state index contributed by atoms with van der Waals surface area (Å²) in [5.74, 6) is -31.8. The Morgan fingerprint density at radius 3 is 1.30 bits per heavy atom. The molecule has 0 spiro atoms. The SMILES string of the molecule is C=C[Si](C)(C)c1ccc(/C=C/CCCCC(F)(F)C(F)(F)OC(F)(F)OC(F)(F)C(F)(F)OC(F)(F)C(F)(F)C(F)(F)OC(F)(F)C(F)(F)C(F)(F)C(F)(F)OC(F)(F)CF)cc1. The summed E-state index contributed by atoms with van der Waals surface area (Å²) in [5.41, 5.74) is 2.34. The molecule has 0 unspecified atom stereocenters. The van der Waals surface area contributed by atoms with Gasteiger partial charge in [0.25, 0.3) is 0 Å². The third-order valence-electron chi connectivity index (χ3n) is 7.65. The van der Waals surface area contributed by atoms with Gasteiger partial charge in [-0.3, -0.25) is 0 Å². The molecule has 63 heavy (non-hydrogen) atoms. The molecule has 0 aromatic heterocycles. The molecule has 0 fully saturated rings. The molecule has 0 atom stereocenters. The summed E-state index contributed by atoms with van der Waals surface area (Å²) in [6.45, 7) is 3.99. The standard InChI is InChI=1S/C30H25F27O5Si/c1-4-63(2,3)17-12-10-16(11-13-17)9-7-5-6-8-14-18(32,33)23(42,43)61-30(56,57)62-29(54,55)28(52,53)60-27(50,51)22(40,41)26(48,49)59-25(46,47)21(38,39)20(36,37)24(44,45)58-19(34,35)15-31/h4,7,9-13H,1,5-6,8,14-15H2,2-3H3/b9-7+. The monoisotopic (exact) mass is 1010 g/mol. The van der Waals surface area contributed by atoms with Crippen LogP contribution in [0.2, 0.25) is 13.1 Å². The summed E-state index contributed by atoms with van der Waals surface area (Å²) >= 11 is 0. The van der Waals surface area contributed by atoms with E-state index in [0.717, 1.165) is 9.92 Å². The van der Waals surface area contributed by atoms with Crippen LogP contribution >= 0.6 is 0 Å². The highest BCUT2D eigenvalue weighted by atomic mass is 28.3. The lowest BCUT2D eigenvalue weighted by Crippen LogP contribution is -2.68. The van der Waals surface area contributed by atoms with E-state index in [-0.39, 0.29) is 6.42 Å². The van der Waals surface area contributed by atoms with Crippen molar-refractivity contribution in [3.8, 4) is 0 Å². The zero-order valence-electron chi connectivity index (χ0n) is 30.5. The van der Waals surface area contributed by atoms with Crippen molar-refractivity contribution in [2.75, 3.05) is 6.67 Å². The predicted octanol–water partition coefficient (Wildman–Crippen LogP) is 12.8. The Balaban J connectivity index is 3.14. The van der Waals surface area contributed by atoms with Gasteiger partial charge in [-0.2, -0.15) is 105 Å². The van der Waals surface area contributed by atoms with Crippen molar-refractivity contribution in [3.05, 3.63) is 48.2 Å². The van der Waals surface area contributed by atoms with Crippen molar-refractivity contribution in [2.24, 2.45) is 0 Å². The first-order valence-electron chi connectivity index (χ1n) is 16.0. The molecule has 5 nitrogen and oxygen atoms in total. The highest BCUT2D eigenvalue weighted by molar-refractivity contribution is 6.93. The minimum absolute atomic E-state index is 0.176. The fourth-order valence-electron chi connectivity index (χ4n) is 3.96. The van der Waals surface area contributed by atoms with Crippen molar-refractivity contribution in [3.63, 3.8) is 0 Å². The first-order chi connectivity index (χ1) is 27.6. The van der Waals surface area contributed by atoms with Crippen LogP contribution < -0.4 is 5.19 Å². The van der Waals surface area contributed by atoms with Crippen LogP contribution in [0.15, 0.2) is 42.6 Å². The normalized spacial score (nSPS) is 15.7. The number of rotatable bonds is 26. The molecule has 0 bridgehead atoms. The maximum absolute atomic E-state index is 14.1. The van der Waals surface area contributed by atoms with Crippen molar-refractivity contribution >= 4 is 19.3 Å². The number of halogens is 27. The predicted molar refractivity (Wildman–Crippen MR) is 157 cm³/mol. The third kappa shape index (κ3) is 12.8. The summed E-state index contributed by atoms with van der Waals surface area (Å²) in [6, 6.07) is 6.76. The molecule has 33 heteroatoms. The Labute approximate surface area is 334 Å². The van der Waals surface area contributed by atoms with E-state index >= 15 is 0 Å². The number of unbranched alkanes of at least 4 members (excludes halogenated alkanes) is 2. The molecule has 368 valence electrons. The van der Waals surface area contributed by atoms with E-state index in [4.69, 9.17) is 0 Å². The molecule has 0 heterocycles. The lowest BCUT2D eigenvalue weighted by Gasteiger charge is -2.39. The quantitative estimate of drug-likeness (QED) is 0.0401. The molecular formula is C30H25F27O5Si. The zero-order valence-corrected chi connectivity index (χ0v) is 31.5. The van der Waals surface area contributed by atoms with Crippen molar-refractivity contribution in [1.29, 1.82) is 0 Å². The minimum Gasteiger partial charge on any atom is -0.248 e. The molecule has 0 aliphatic heterocycles. The number of hydrogen-bond donors (Lipinski definition) is 0. The first kappa shape index (κ1) is 57.8. The summed E-state index contributed by atoms with van der Waals surface area (Å²) in [5, 5.41) is 0.960. The van der Waals surface area contributed by atoms with Crippen LogP contribution in [0, 0.1) is 0 Å². The number of allylic oxidation sites excluding steroid dienone is 1. The van der Waals surface area contributed by atoms with Crippen molar-refractivity contribution in [1.82, 2.24) is 0 Å². The smallest absolute Gasteiger partial charge is 0.248 e. The summed E-state index contributed by atoms with van der Waals surface area (Å²) < 4.78 is 373. The number of alkyl halides is 27. The van der Waals surface area contributed by atoms with E-state index in [2.05, 4.69) is 6.58 Å². The molecule has 1 rings (SSSR count). The fraction of sp³-hybridized carbons (Fsp3) is 0.667. The molecule has 0 aliphatic carbocycles. The molecule has 0 amide bonds. The second-order valence-corrected chi connectivity index (χ2v) is 17.4. The van der Waals surface area contributed by atoms with Crippen LogP contribution in [0.4, 0.5) is 119 Å². The van der Waals surface area contributed by atoms with Gasteiger partial charge in [0.15, 0.2) is 6.67 Å². The number of benzene rings is 1. The van der Waals surface area contributed by atoms with Crippen LogP contribution in [-0.2, 0) is 23.7 Å². The van der Waals surface area contributed by atoms with Crippen molar-refractivity contribution < 1.29 is 142 Å².